The zero-order valence-corrected chi connectivity index (χ0v) is 12.1. The third kappa shape index (κ3) is 2.93. The molecule has 1 aromatic carbocycles. The van der Waals surface area contributed by atoms with Crippen LogP contribution in [0.15, 0.2) is 41.0 Å². The summed E-state index contributed by atoms with van der Waals surface area (Å²) in [5, 5.41) is 0. The van der Waals surface area contributed by atoms with Gasteiger partial charge in [0.05, 0.1) is 14.2 Å². The summed E-state index contributed by atoms with van der Waals surface area (Å²) in [5.41, 5.74) is 0.827. The van der Waals surface area contributed by atoms with Crippen molar-refractivity contribution in [1.29, 1.82) is 0 Å². The molecule has 0 amide bonds. The molecule has 0 aliphatic heterocycles. The molecule has 0 saturated heterocycles. The first-order chi connectivity index (χ1) is 9.15. The molecule has 0 aliphatic carbocycles. The molecule has 2 aromatic rings. The number of nitrogens with zero attached hydrogens (tertiary/aromatic N) is 1. The van der Waals surface area contributed by atoms with E-state index in [-0.39, 0.29) is 5.78 Å². The summed E-state index contributed by atoms with van der Waals surface area (Å²) < 4.78 is 11.0. The van der Waals surface area contributed by atoms with E-state index in [0.29, 0.717) is 27.2 Å². The molecule has 0 radical (unpaired) electrons. The molecule has 0 atom stereocenters. The van der Waals surface area contributed by atoms with E-state index in [1.807, 2.05) is 0 Å². The van der Waals surface area contributed by atoms with Crippen LogP contribution in [0.5, 0.6) is 11.5 Å². The predicted molar refractivity (Wildman–Crippen MR) is 74.9 cm³/mol. The fourth-order valence-electron chi connectivity index (χ4n) is 1.63. The Hall–Kier alpha value is -1.88. The van der Waals surface area contributed by atoms with Gasteiger partial charge >= 0.3 is 0 Å². The number of aromatic nitrogens is 1. The number of benzene rings is 1. The highest BCUT2D eigenvalue weighted by molar-refractivity contribution is 9.10. The van der Waals surface area contributed by atoms with E-state index in [4.69, 9.17) is 9.47 Å². The SMILES string of the molecule is COc1cc(OC)cc(C(=O)c2ncccc2Br)c1. The maximum atomic E-state index is 12.4. The lowest BCUT2D eigenvalue weighted by molar-refractivity contribution is 0.103. The number of halogens is 1. The molecular weight excluding hydrogens is 310 g/mol. The normalized spacial score (nSPS) is 10.1. The highest BCUT2D eigenvalue weighted by Crippen LogP contribution is 2.25. The Morgan fingerprint density at radius 2 is 1.79 bits per heavy atom. The Morgan fingerprint density at radius 3 is 2.32 bits per heavy atom. The topological polar surface area (TPSA) is 48.4 Å². The molecule has 98 valence electrons. The Bertz CT molecular complexity index is 591. The van der Waals surface area contributed by atoms with Crippen molar-refractivity contribution in [3.8, 4) is 11.5 Å². The summed E-state index contributed by atoms with van der Waals surface area (Å²) in [5.74, 6) is 0.939. The molecule has 0 saturated carbocycles. The number of carbonyl (C=O) groups is 1. The van der Waals surface area contributed by atoms with Crippen LogP contribution >= 0.6 is 15.9 Å². The lowest BCUT2D eigenvalue weighted by atomic mass is 10.1. The molecule has 1 aromatic heterocycles. The van der Waals surface area contributed by atoms with Gasteiger partial charge in [0.25, 0.3) is 0 Å². The van der Waals surface area contributed by atoms with Crippen LogP contribution in [0.1, 0.15) is 16.1 Å². The average Bonchev–Trinajstić information content (AvgIpc) is 2.46. The minimum atomic E-state index is -0.190. The Balaban J connectivity index is 2.47. The van der Waals surface area contributed by atoms with Crippen LogP contribution in [0, 0.1) is 0 Å². The second-order valence-corrected chi connectivity index (χ2v) is 4.62. The summed E-state index contributed by atoms with van der Waals surface area (Å²) >= 11 is 3.32. The summed E-state index contributed by atoms with van der Waals surface area (Å²) in [6.45, 7) is 0. The molecule has 0 spiro atoms. The van der Waals surface area contributed by atoms with E-state index in [1.54, 1.807) is 50.7 Å². The second-order valence-electron chi connectivity index (χ2n) is 3.76. The van der Waals surface area contributed by atoms with Crippen molar-refractivity contribution in [1.82, 2.24) is 4.98 Å². The fourth-order valence-corrected chi connectivity index (χ4v) is 2.06. The van der Waals surface area contributed by atoms with Crippen LogP contribution in [0.3, 0.4) is 0 Å². The first-order valence-corrected chi connectivity index (χ1v) is 6.33. The van der Waals surface area contributed by atoms with Crippen molar-refractivity contribution in [2.45, 2.75) is 0 Å². The molecule has 5 heteroatoms. The van der Waals surface area contributed by atoms with E-state index < -0.39 is 0 Å². The monoisotopic (exact) mass is 321 g/mol. The number of ketones is 1. The second kappa shape index (κ2) is 5.84. The first-order valence-electron chi connectivity index (χ1n) is 5.54. The van der Waals surface area contributed by atoms with Gasteiger partial charge in [-0.05, 0) is 40.2 Å². The largest absolute Gasteiger partial charge is 0.497 e. The van der Waals surface area contributed by atoms with Crippen molar-refractivity contribution in [3.05, 3.63) is 52.3 Å². The van der Waals surface area contributed by atoms with Gasteiger partial charge in [0, 0.05) is 22.3 Å². The van der Waals surface area contributed by atoms with Crippen LogP contribution in [0.2, 0.25) is 0 Å². The number of pyridine rings is 1. The number of rotatable bonds is 4. The third-order valence-electron chi connectivity index (χ3n) is 2.59. The zero-order valence-electron chi connectivity index (χ0n) is 10.5. The van der Waals surface area contributed by atoms with E-state index in [9.17, 15) is 4.79 Å². The van der Waals surface area contributed by atoms with E-state index in [0.717, 1.165) is 0 Å². The Morgan fingerprint density at radius 1 is 1.16 bits per heavy atom. The van der Waals surface area contributed by atoms with Crippen LogP contribution in [-0.2, 0) is 0 Å². The minimum Gasteiger partial charge on any atom is -0.497 e. The Labute approximate surface area is 119 Å². The summed E-state index contributed by atoms with van der Waals surface area (Å²) in [7, 11) is 3.08. The number of carbonyl (C=O) groups excluding carboxylic acids is 1. The van der Waals surface area contributed by atoms with Crippen LogP contribution in [-0.4, -0.2) is 25.0 Å². The maximum absolute atomic E-state index is 12.4. The smallest absolute Gasteiger partial charge is 0.212 e. The average molecular weight is 322 g/mol. The van der Waals surface area contributed by atoms with Gasteiger partial charge in [0.2, 0.25) is 5.78 Å². The quantitative estimate of drug-likeness (QED) is 0.812. The first kappa shape index (κ1) is 13.5. The maximum Gasteiger partial charge on any atom is 0.212 e. The lowest BCUT2D eigenvalue weighted by Crippen LogP contribution is -2.05. The molecule has 19 heavy (non-hydrogen) atoms. The van der Waals surface area contributed by atoms with Crippen molar-refractivity contribution < 1.29 is 14.3 Å². The van der Waals surface area contributed by atoms with Gasteiger partial charge in [0.1, 0.15) is 17.2 Å². The van der Waals surface area contributed by atoms with Crippen LogP contribution in [0.25, 0.3) is 0 Å². The van der Waals surface area contributed by atoms with Gasteiger partial charge < -0.3 is 9.47 Å². The van der Waals surface area contributed by atoms with Gasteiger partial charge in [-0.25, -0.2) is 0 Å². The summed E-state index contributed by atoms with van der Waals surface area (Å²) in [4.78, 5) is 16.5. The van der Waals surface area contributed by atoms with Crippen molar-refractivity contribution >= 4 is 21.7 Å². The van der Waals surface area contributed by atoms with Gasteiger partial charge in [-0.2, -0.15) is 0 Å². The van der Waals surface area contributed by atoms with Gasteiger partial charge in [-0.3, -0.25) is 9.78 Å². The summed E-state index contributed by atoms with van der Waals surface area (Å²) in [6.07, 6.45) is 1.58. The fraction of sp³-hybridized carbons (Fsp3) is 0.143. The molecule has 0 unspecified atom stereocenters. The minimum absolute atomic E-state index is 0.190. The van der Waals surface area contributed by atoms with Crippen molar-refractivity contribution in [3.63, 3.8) is 0 Å². The standard InChI is InChI=1S/C14H12BrNO3/c1-18-10-6-9(7-11(8-10)19-2)14(17)13-12(15)4-3-5-16-13/h3-8H,1-2H3. The third-order valence-corrected chi connectivity index (χ3v) is 3.23. The molecule has 0 aliphatic rings. The van der Waals surface area contributed by atoms with Crippen molar-refractivity contribution in [2.75, 3.05) is 14.2 Å². The number of methoxy groups -OCH3 is 2. The highest BCUT2D eigenvalue weighted by atomic mass is 79.9. The van der Waals surface area contributed by atoms with Crippen molar-refractivity contribution in [2.24, 2.45) is 0 Å². The highest BCUT2D eigenvalue weighted by Gasteiger charge is 2.15. The lowest BCUT2D eigenvalue weighted by Gasteiger charge is -2.08. The predicted octanol–water partition coefficient (Wildman–Crippen LogP) is 3.09. The van der Waals surface area contributed by atoms with Gasteiger partial charge in [-0.15, -0.1) is 0 Å². The molecule has 0 bridgehead atoms. The van der Waals surface area contributed by atoms with Gasteiger partial charge in [0.15, 0.2) is 0 Å². The summed E-state index contributed by atoms with van der Waals surface area (Å²) in [6, 6.07) is 8.56. The molecule has 1 heterocycles. The Kier molecular flexibility index (Phi) is 4.16. The number of hydrogen-bond acceptors (Lipinski definition) is 4. The number of hydrogen-bond donors (Lipinski definition) is 0. The number of ether oxygens (including phenoxy) is 2. The zero-order chi connectivity index (χ0) is 13.8. The molecule has 0 N–H and O–H groups in total. The van der Waals surface area contributed by atoms with E-state index in [1.165, 1.54) is 0 Å². The molecular formula is C14H12BrNO3. The molecule has 2 rings (SSSR count). The van der Waals surface area contributed by atoms with Gasteiger partial charge in [-0.1, -0.05) is 0 Å². The molecule has 4 nitrogen and oxygen atoms in total. The van der Waals surface area contributed by atoms with E-state index in [2.05, 4.69) is 20.9 Å². The van der Waals surface area contributed by atoms with E-state index >= 15 is 0 Å². The molecule has 0 fully saturated rings. The van der Waals surface area contributed by atoms with Crippen LogP contribution < -0.4 is 9.47 Å². The van der Waals surface area contributed by atoms with Crippen LogP contribution in [0.4, 0.5) is 0 Å².